The summed E-state index contributed by atoms with van der Waals surface area (Å²) in [5.74, 6) is 0.313. The van der Waals surface area contributed by atoms with E-state index in [4.69, 9.17) is 9.47 Å². The summed E-state index contributed by atoms with van der Waals surface area (Å²) in [6, 6.07) is 0. The molecule has 0 fully saturated rings. The average Bonchev–Trinajstić information content (AvgIpc) is 2.10. The van der Waals surface area contributed by atoms with E-state index in [2.05, 4.69) is 6.92 Å². The Bertz CT molecular complexity index is 95.8. The number of methoxy groups -OCH3 is 1. The van der Waals surface area contributed by atoms with Crippen molar-refractivity contribution in [1.29, 1.82) is 0 Å². The molecule has 74 valence electrons. The molecule has 0 saturated heterocycles. The van der Waals surface area contributed by atoms with Gasteiger partial charge in [0.1, 0.15) is 0 Å². The van der Waals surface area contributed by atoms with Gasteiger partial charge < -0.3 is 14.6 Å². The second kappa shape index (κ2) is 7.53. The van der Waals surface area contributed by atoms with E-state index in [9.17, 15) is 5.11 Å². The van der Waals surface area contributed by atoms with Crippen LogP contribution in [0, 0.1) is 5.92 Å². The van der Waals surface area contributed by atoms with Gasteiger partial charge in [-0.3, -0.25) is 0 Å². The molecule has 0 amide bonds. The quantitative estimate of drug-likeness (QED) is 0.589. The van der Waals surface area contributed by atoms with Crippen LogP contribution in [-0.2, 0) is 9.47 Å². The van der Waals surface area contributed by atoms with Gasteiger partial charge in [-0.1, -0.05) is 20.3 Å². The Morgan fingerprint density at radius 1 is 1.33 bits per heavy atom. The van der Waals surface area contributed by atoms with Gasteiger partial charge in [-0.2, -0.15) is 0 Å². The van der Waals surface area contributed by atoms with Gasteiger partial charge in [-0.25, -0.2) is 0 Å². The number of rotatable bonds is 7. The van der Waals surface area contributed by atoms with Crippen molar-refractivity contribution in [3.8, 4) is 0 Å². The Morgan fingerprint density at radius 2 is 2.00 bits per heavy atom. The minimum Gasteiger partial charge on any atom is -0.390 e. The molecule has 12 heavy (non-hydrogen) atoms. The zero-order valence-corrected chi connectivity index (χ0v) is 8.25. The fraction of sp³-hybridized carbons (Fsp3) is 1.00. The zero-order valence-electron chi connectivity index (χ0n) is 8.25. The summed E-state index contributed by atoms with van der Waals surface area (Å²) in [5.41, 5.74) is 0. The standard InChI is InChI=1S/C9H20O3/c1-4-8(2)9(10)7-12-6-5-11-3/h8-10H,4-7H2,1-3H3. The topological polar surface area (TPSA) is 38.7 Å². The van der Waals surface area contributed by atoms with Crippen molar-refractivity contribution in [2.45, 2.75) is 26.4 Å². The third-order valence-corrected chi connectivity index (χ3v) is 2.02. The highest BCUT2D eigenvalue weighted by Gasteiger charge is 2.11. The highest BCUT2D eigenvalue weighted by molar-refractivity contribution is 4.61. The van der Waals surface area contributed by atoms with E-state index in [1.165, 1.54) is 0 Å². The Labute approximate surface area is 74.7 Å². The molecular weight excluding hydrogens is 156 g/mol. The van der Waals surface area contributed by atoms with Gasteiger partial charge in [0.25, 0.3) is 0 Å². The van der Waals surface area contributed by atoms with Gasteiger partial charge in [0, 0.05) is 7.11 Å². The number of ether oxygens (including phenoxy) is 2. The summed E-state index contributed by atoms with van der Waals surface area (Å²) in [5, 5.41) is 9.45. The first-order chi connectivity index (χ1) is 5.72. The average molecular weight is 176 g/mol. The maximum absolute atomic E-state index is 9.45. The molecule has 1 N–H and O–H groups in total. The summed E-state index contributed by atoms with van der Waals surface area (Å²) in [6.45, 7) is 5.64. The van der Waals surface area contributed by atoms with Crippen LogP contribution in [0.4, 0.5) is 0 Å². The number of aliphatic hydroxyl groups is 1. The SMILES string of the molecule is CCC(C)C(O)COCCOC. The van der Waals surface area contributed by atoms with Crippen LogP contribution in [0.25, 0.3) is 0 Å². The molecule has 0 rings (SSSR count). The molecule has 2 unspecified atom stereocenters. The van der Waals surface area contributed by atoms with E-state index in [1.54, 1.807) is 7.11 Å². The lowest BCUT2D eigenvalue weighted by atomic mass is 10.0. The Kier molecular flexibility index (Phi) is 7.45. The Morgan fingerprint density at radius 3 is 2.50 bits per heavy atom. The predicted octanol–water partition coefficient (Wildman–Crippen LogP) is 1.06. The summed E-state index contributed by atoms with van der Waals surface area (Å²) in [7, 11) is 1.63. The summed E-state index contributed by atoms with van der Waals surface area (Å²) < 4.78 is 9.99. The van der Waals surface area contributed by atoms with Crippen LogP contribution in [0.5, 0.6) is 0 Å². The third-order valence-electron chi connectivity index (χ3n) is 2.02. The molecule has 0 saturated carbocycles. The summed E-state index contributed by atoms with van der Waals surface area (Å²) in [4.78, 5) is 0. The van der Waals surface area contributed by atoms with Crippen molar-refractivity contribution in [2.75, 3.05) is 26.9 Å². The van der Waals surface area contributed by atoms with Crippen LogP contribution < -0.4 is 0 Å². The van der Waals surface area contributed by atoms with Crippen LogP contribution in [0.2, 0.25) is 0 Å². The van der Waals surface area contributed by atoms with E-state index in [0.717, 1.165) is 6.42 Å². The molecule has 0 aliphatic rings. The molecule has 3 nitrogen and oxygen atoms in total. The molecule has 2 atom stereocenters. The number of aliphatic hydroxyl groups excluding tert-OH is 1. The van der Waals surface area contributed by atoms with E-state index in [0.29, 0.717) is 25.7 Å². The molecule has 0 spiro atoms. The summed E-state index contributed by atoms with van der Waals surface area (Å²) in [6.07, 6.45) is 0.640. The van der Waals surface area contributed by atoms with Crippen molar-refractivity contribution in [3.05, 3.63) is 0 Å². The van der Waals surface area contributed by atoms with Gasteiger partial charge in [0.15, 0.2) is 0 Å². The van der Waals surface area contributed by atoms with E-state index < -0.39 is 0 Å². The largest absolute Gasteiger partial charge is 0.390 e. The fourth-order valence-corrected chi connectivity index (χ4v) is 0.783. The van der Waals surface area contributed by atoms with Gasteiger partial charge in [-0.15, -0.1) is 0 Å². The van der Waals surface area contributed by atoms with Gasteiger partial charge in [0.05, 0.1) is 25.9 Å². The third kappa shape index (κ3) is 5.52. The van der Waals surface area contributed by atoms with E-state index >= 15 is 0 Å². The minimum absolute atomic E-state index is 0.313. The van der Waals surface area contributed by atoms with E-state index in [1.807, 2.05) is 6.92 Å². The molecule has 0 aromatic rings. The van der Waals surface area contributed by atoms with Crippen LogP contribution in [0.1, 0.15) is 20.3 Å². The van der Waals surface area contributed by atoms with Crippen molar-refractivity contribution < 1.29 is 14.6 Å². The monoisotopic (exact) mass is 176 g/mol. The molecule has 0 heterocycles. The first-order valence-corrected chi connectivity index (χ1v) is 4.47. The maximum Gasteiger partial charge on any atom is 0.0799 e. The normalized spacial score (nSPS) is 16.0. The molecule has 0 aromatic heterocycles. The van der Waals surface area contributed by atoms with Crippen molar-refractivity contribution in [1.82, 2.24) is 0 Å². The lowest BCUT2D eigenvalue weighted by Crippen LogP contribution is -2.24. The second-order valence-corrected chi connectivity index (χ2v) is 3.02. The van der Waals surface area contributed by atoms with Gasteiger partial charge in [-0.05, 0) is 5.92 Å². The number of hydrogen-bond donors (Lipinski definition) is 1. The minimum atomic E-state index is -0.341. The van der Waals surface area contributed by atoms with Crippen molar-refractivity contribution in [2.24, 2.45) is 5.92 Å². The van der Waals surface area contributed by atoms with Crippen LogP contribution in [0.3, 0.4) is 0 Å². The highest BCUT2D eigenvalue weighted by Crippen LogP contribution is 2.07. The van der Waals surface area contributed by atoms with Crippen LogP contribution in [-0.4, -0.2) is 38.1 Å². The Hall–Kier alpha value is -0.120. The predicted molar refractivity (Wildman–Crippen MR) is 48.2 cm³/mol. The van der Waals surface area contributed by atoms with Gasteiger partial charge in [0.2, 0.25) is 0 Å². The fourth-order valence-electron chi connectivity index (χ4n) is 0.783. The second-order valence-electron chi connectivity index (χ2n) is 3.02. The molecule has 0 bridgehead atoms. The van der Waals surface area contributed by atoms with Crippen molar-refractivity contribution >= 4 is 0 Å². The first-order valence-electron chi connectivity index (χ1n) is 4.47. The molecule has 0 radical (unpaired) electrons. The molecule has 0 aliphatic heterocycles. The van der Waals surface area contributed by atoms with Crippen LogP contribution in [0.15, 0.2) is 0 Å². The van der Waals surface area contributed by atoms with Gasteiger partial charge >= 0.3 is 0 Å². The first kappa shape index (κ1) is 11.9. The molecular formula is C9H20O3. The molecule has 3 heteroatoms. The maximum atomic E-state index is 9.45. The summed E-state index contributed by atoms with van der Waals surface area (Å²) >= 11 is 0. The number of hydrogen-bond acceptors (Lipinski definition) is 3. The molecule has 0 aromatic carbocycles. The lowest BCUT2D eigenvalue weighted by molar-refractivity contribution is -0.00805. The zero-order chi connectivity index (χ0) is 9.40. The smallest absolute Gasteiger partial charge is 0.0799 e. The van der Waals surface area contributed by atoms with Crippen LogP contribution >= 0.6 is 0 Å². The molecule has 0 aliphatic carbocycles. The van der Waals surface area contributed by atoms with E-state index in [-0.39, 0.29) is 6.10 Å². The van der Waals surface area contributed by atoms with Crippen molar-refractivity contribution in [3.63, 3.8) is 0 Å². The highest BCUT2D eigenvalue weighted by atomic mass is 16.5. The Balaban J connectivity index is 3.24. The lowest BCUT2D eigenvalue weighted by Gasteiger charge is -2.16.